The molecular formula is C19H19Cl3N4O2. The lowest BCUT2D eigenvalue weighted by atomic mass is 10.2. The number of hydroxylamine groups is 1. The lowest BCUT2D eigenvalue weighted by molar-refractivity contribution is -0.124. The van der Waals surface area contributed by atoms with E-state index >= 15 is 0 Å². The van der Waals surface area contributed by atoms with Crippen molar-refractivity contribution in [3.8, 4) is 0 Å². The van der Waals surface area contributed by atoms with Gasteiger partial charge >= 0.3 is 0 Å². The van der Waals surface area contributed by atoms with Crippen molar-refractivity contribution in [2.45, 2.75) is 6.54 Å². The van der Waals surface area contributed by atoms with E-state index in [9.17, 15) is 4.79 Å². The molecule has 0 aliphatic carbocycles. The largest absolute Gasteiger partial charge is 0.348 e. The monoisotopic (exact) mass is 440 g/mol. The second-order valence-electron chi connectivity index (χ2n) is 5.59. The molecule has 28 heavy (non-hydrogen) atoms. The Bertz CT molecular complexity index is 930. The molecule has 0 bridgehead atoms. The minimum Gasteiger partial charge on any atom is -0.348 e. The van der Waals surface area contributed by atoms with Crippen molar-refractivity contribution in [2.75, 3.05) is 5.32 Å². The van der Waals surface area contributed by atoms with E-state index in [-0.39, 0.29) is 24.8 Å². The summed E-state index contributed by atoms with van der Waals surface area (Å²) in [5, 5.41) is 12.1. The Morgan fingerprint density at radius 1 is 1.21 bits per heavy atom. The summed E-state index contributed by atoms with van der Waals surface area (Å²) in [7, 11) is 0. The number of anilines is 2. The molecule has 0 saturated heterocycles. The van der Waals surface area contributed by atoms with Gasteiger partial charge in [0.2, 0.25) is 0 Å². The highest BCUT2D eigenvalue weighted by Crippen LogP contribution is 2.24. The molecule has 1 amide bonds. The van der Waals surface area contributed by atoms with E-state index in [0.717, 1.165) is 12.2 Å². The number of rotatable bonds is 6. The predicted octanol–water partition coefficient (Wildman–Crippen LogP) is 4.69. The Balaban J connectivity index is 0.00000196. The van der Waals surface area contributed by atoms with E-state index in [1.165, 1.54) is 23.2 Å². The molecular weight excluding hydrogens is 423 g/mol. The molecule has 9 heteroatoms. The smallest absolute Gasteiger partial charge is 0.267 e. The molecule has 0 saturated carbocycles. The number of hydrogen-bond acceptors (Lipinski definition) is 4. The summed E-state index contributed by atoms with van der Waals surface area (Å²) in [6.45, 7) is 0.778. The van der Waals surface area contributed by atoms with Crippen LogP contribution in [0.2, 0.25) is 5.02 Å². The van der Waals surface area contributed by atoms with Crippen molar-refractivity contribution >= 4 is 59.9 Å². The zero-order valence-corrected chi connectivity index (χ0v) is 17.0. The van der Waals surface area contributed by atoms with Gasteiger partial charge in [-0.2, -0.15) is 0 Å². The van der Waals surface area contributed by atoms with Gasteiger partial charge in [-0.1, -0.05) is 41.9 Å². The van der Waals surface area contributed by atoms with Crippen LogP contribution >= 0.6 is 36.4 Å². The number of aromatic nitrogens is 2. The summed E-state index contributed by atoms with van der Waals surface area (Å²) in [5.74, 6) is -0.101. The quantitative estimate of drug-likeness (QED) is 0.294. The molecule has 0 fully saturated rings. The van der Waals surface area contributed by atoms with Crippen LogP contribution in [0.4, 0.5) is 11.5 Å². The first kappa shape index (κ1) is 23.5. The van der Waals surface area contributed by atoms with E-state index in [1.54, 1.807) is 12.3 Å². The van der Waals surface area contributed by atoms with Crippen LogP contribution in [-0.4, -0.2) is 20.7 Å². The van der Waals surface area contributed by atoms with Gasteiger partial charge in [0.05, 0.1) is 10.7 Å². The van der Waals surface area contributed by atoms with Crippen molar-refractivity contribution in [1.29, 1.82) is 0 Å². The first-order chi connectivity index (χ1) is 12.6. The topological polar surface area (TPSA) is 79.2 Å². The summed E-state index contributed by atoms with van der Waals surface area (Å²) >= 11 is 6.25. The summed E-state index contributed by atoms with van der Waals surface area (Å²) in [4.78, 5) is 15.3. The Kier molecular flexibility index (Phi) is 9.55. The fraction of sp³-hybridized carbons (Fsp3) is 0.0526. The van der Waals surface area contributed by atoms with Crippen molar-refractivity contribution in [3.05, 3.63) is 83.3 Å². The molecule has 0 aliphatic rings. The molecule has 0 unspecified atom stereocenters. The second-order valence-corrected chi connectivity index (χ2v) is 6.00. The summed E-state index contributed by atoms with van der Waals surface area (Å²) < 4.78 is 2.07. The van der Waals surface area contributed by atoms with Crippen LogP contribution in [-0.2, 0) is 11.3 Å². The third-order valence-corrected chi connectivity index (χ3v) is 3.91. The van der Waals surface area contributed by atoms with Crippen LogP contribution in [0.3, 0.4) is 0 Å². The molecule has 3 N–H and O–H groups in total. The van der Waals surface area contributed by atoms with Crippen molar-refractivity contribution in [2.24, 2.45) is 0 Å². The number of benzene rings is 1. The number of carbonyl (C=O) groups is 1. The van der Waals surface area contributed by atoms with Gasteiger partial charge in [0, 0.05) is 31.2 Å². The molecule has 148 valence electrons. The standard InChI is InChI=1S/C19H17ClN4O2.2ClH/c20-17-10-15(6-7-18(25)23-26)11-21-19(17)22-16-8-9-24(13-16)12-14-4-2-1-3-5-14;;/h1-11,13,26H,12H2,(H,21,22)(H,23,25);2*1H. The Hall–Kier alpha value is -2.51. The van der Waals surface area contributed by atoms with Crippen LogP contribution in [0, 0.1) is 0 Å². The number of amides is 1. The predicted molar refractivity (Wildman–Crippen MR) is 116 cm³/mol. The third kappa shape index (κ3) is 6.58. The van der Waals surface area contributed by atoms with Crippen LogP contribution < -0.4 is 10.8 Å². The van der Waals surface area contributed by atoms with Crippen LogP contribution in [0.15, 0.2) is 67.1 Å². The fourth-order valence-corrected chi connectivity index (χ4v) is 2.61. The Morgan fingerprint density at radius 2 is 1.96 bits per heavy atom. The highest BCUT2D eigenvalue weighted by atomic mass is 35.5. The molecule has 2 aromatic heterocycles. The van der Waals surface area contributed by atoms with Gasteiger partial charge in [0.1, 0.15) is 5.82 Å². The minimum absolute atomic E-state index is 0. The van der Waals surface area contributed by atoms with Gasteiger partial charge in [0.15, 0.2) is 0 Å². The summed E-state index contributed by atoms with van der Waals surface area (Å²) in [5.41, 5.74) is 4.25. The minimum atomic E-state index is -0.622. The number of nitrogens with one attached hydrogen (secondary N) is 2. The maximum Gasteiger partial charge on any atom is 0.267 e. The number of halogens is 3. The molecule has 0 aliphatic heterocycles. The third-order valence-electron chi connectivity index (χ3n) is 3.62. The SMILES string of the molecule is Cl.Cl.O=C(C=Cc1cnc(Nc2ccn(Cc3ccccc3)c2)c(Cl)c1)NO. The number of nitrogens with zero attached hydrogens (tertiary/aromatic N) is 2. The van der Waals surface area contributed by atoms with E-state index < -0.39 is 5.91 Å². The molecule has 3 aromatic rings. The van der Waals surface area contributed by atoms with E-state index in [1.807, 2.05) is 36.7 Å². The van der Waals surface area contributed by atoms with Crippen LogP contribution in [0.5, 0.6) is 0 Å². The molecule has 2 heterocycles. The van der Waals surface area contributed by atoms with Crippen molar-refractivity contribution in [1.82, 2.24) is 15.0 Å². The highest BCUT2D eigenvalue weighted by Gasteiger charge is 2.05. The number of carbonyl (C=O) groups excluding carboxylic acids is 1. The van der Waals surface area contributed by atoms with Gasteiger partial charge in [-0.3, -0.25) is 10.0 Å². The molecule has 0 radical (unpaired) electrons. The lowest BCUT2D eigenvalue weighted by Gasteiger charge is -2.06. The molecule has 0 spiro atoms. The van der Waals surface area contributed by atoms with E-state index in [0.29, 0.717) is 16.4 Å². The van der Waals surface area contributed by atoms with Gasteiger partial charge in [0.25, 0.3) is 5.91 Å². The van der Waals surface area contributed by atoms with Gasteiger partial charge < -0.3 is 9.88 Å². The maximum atomic E-state index is 11.0. The Morgan fingerprint density at radius 3 is 2.64 bits per heavy atom. The van der Waals surface area contributed by atoms with Gasteiger partial charge in [-0.15, -0.1) is 24.8 Å². The van der Waals surface area contributed by atoms with Gasteiger partial charge in [-0.05, 0) is 29.3 Å². The number of pyridine rings is 1. The molecule has 3 rings (SSSR count). The first-order valence-electron chi connectivity index (χ1n) is 7.88. The zero-order valence-electron chi connectivity index (χ0n) is 14.6. The average molecular weight is 442 g/mol. The van der Waals surface area contributed by atoms with Crippen molar-refractivity contribution < 1.29 is 10.0 Å². The van der Waals surface area contributed by atoms with Crippen LogP contribution in [0.1, 0.15) is 11.1 Å². The fourth-order valence-electron chi connectivity index (χ4n) is 2.39. The molecule has 6 nitrogen and oxygen atoms in total. The zero-order chi connectivity index (χ0) is 18.4. The summed E-state index contributed by atoms with van der Waals surface area (Å²) in [6, 6.07) is 13.8. The highest BCUT2D eigenvalue weighted by molar-refractivity contribution is 6.33. The van der Waals surface area contributed by atoms with Gasteiger partial charge in [-0.25, -0.2) is 10.5 Å². The second kappa shape index (κ2) is 11.4. The molecule has 1 aromatic carbocycles. The summed E-state index contributed by atoms with van der Waals surface area (Å²) in [6.07, 6.45) is 8.23. The normalized spacial score (nSPS) is 10.1. The van der Waals surface area contributed by atoms with Crippen molar-refractivity contribution in [3.63, 3.8) is 0 Å². The Labute approximate surface area is 180 Å². The maximum absolute atomic E-state index is 11.0. The molecule has 0 atom stereocenters. The van der Waals surface area contributed by atoms with E-state index in [4.69, 9.17) is 16.8 Å². The average Bonchev–Trinajstić information content (AvgIpc) is 3.09. The first-order valence-corrected chi connectivity index (χ1v) is 8.26. The van der Waals surface area contributed by atoms with E-state index in [2.05, 4.69) is 27.0 Å². The lowest BCUT2D eigenvalue weighted by Crippen LogP contribution is -2.14. The number of hydrogen-bond donors (Lipinski definition) is 3. The van der Waals surface area contributed by atoms with Crippen LogP contribution in [0.25, 0.3) is 6.08 Å².